The van der Waals surface area contributed by atoms with Crippen molar-refractivity contribution >= 4 is 10.0 Å². The number of sulfonamides is 1. The SMILES string of the molecule is CCOc1ccc(S(=O)(=O)N2CCC(Cc3ccccc3)CC2)cc1. The first kappa shape index (κ1) is 18.0. The van der Waals surface area contributed by atoms with E-state index in [0.717, 1.165) is 19.3 Å². The van der Waals surface area contributed by atoms with Crippen LogP contribution in [0.1, 0.15) is 25.3 Å². The highest BCUT2D eigenvalue weighted by Crippen LogP contribution is 2.27. The molecular weight excluding hydrogens is 334 g/mol. The summed E-state index contributed by atoms with van der Waals surface area (Å²) in [6.45, 7) is 3.66. The van der Waals surface area contributed by atoms with Crippen LogP contribution >= 0.6 is 0 Å². The van der Waals surface area contributed by atoms with Gasteiger partial charge in [0.1, 0.15) is 5.75 Å². The van der Waals surface area contributed by atoms with E-state index in [4.69, 9.17) is 4.74 Å². The van der Waals surface area contributed by atoms with E-state index >= 15 is 0 Å². The lowest BCUT2D eigenvalue weighted by molar-refractivity contribution is 0.273. The molecule has 5 heteroatoms. The number of hydrogen-bond donors (Lipinski definition) is 0. The first-order valence-corrected chi connectivity index (χ1v) is 10.3. The van der Waals surface area contributed by atoms with Gasteiger partial charge in [0.15, 0.2) is 0 Å². The molecule has 1 saturated heterocycles. The minimum atomic E-state index is -3.41. The summed E-state index contributed by atoms with van der Waals surface area (Å²) < 4.78 is 32.6. The Kier molecular flexibility index (Phi) is 5.76. The van der Waals surface area contributed by atoms with E-state index in [2.05, 4.69) is 24.3 Å². The zero-order valence-electron chi connectivity index (χ0n) is 14.6. The van der Waals surface area contributed by atoms with Crippen LogP contribution in [0, 0.1) is 5.92 Å². The van der Waals surface area contributed by atoms with Gasteiger partial charge in [-0.1, -0.05) is 30.3 Å². The van der Waals surface area contributed by atoms with Crippen molar-refractivity contribution in [3.63, 3.8) is 0 Å². The van der Waals surface area contributed by atoms with E-state index in [-0.39, 0.29) is 0 Å². The fraction of sp³-hybridized carbons (Fsp3) is 0.400. The number of piperidine rings is 1. The Balaban J connectivity index is 1.61. The maximum Gasteiger partial charge on any atom is 0.243 e. The third kappa shape index (κ3) is 4.41. The van der Waals surface area contributed by atoms with E-state index in [1.807, 2.05) is 13.0 Å². The molecule has 0 unspecified atom stereocenters. The minimum absolute atomic E-state index is 0.345. The quantitative estimate of drug-likeness (QED) is 0.789. The molecule has 1 heterocycles. The zero-order valence-corrected chi connectivity index (χ0v) is 15.4. The van der Waals surface area contributed by atoms with Crippen LogP contribution in [0.15, 0.2) is 59.5 Å². The lowest BCUT2D eigenvalue weighted by Gasteiger charge is -2.31. The van der Waals surface area contributed by atoms with Gasteiger partial charge in [0, 0.05) is 13.1 Å². The standard InChI is InChI=1S/C20H25NO3S/c1-2-24-19-8-10-20(11-9-19)25(22,23)21-14-12-18(13-15-21)16-17-6-4-3-5-7-17/h3-11,18H,2,12-16H2,1H3. The average Bonchev–Trinajstić information content (AvgIpc) is 2.64. The summed E-state index contributed by atoms with van der Waals surface area (Å²) in [6, 6.07) is 17.1. The van der Waals surface area contributed by atoms with Crippen LogP contribution in [-0.4, -0.2) is 32.4 Å². The molecule has 0 saturated carbocycles. The Morgan fingerprint density at radius 1 is 1.00 bits per heavy atom. The second-order valence-corrected chi connectivity index (χ2v) is 8.38. The smallest absolute Gasteiger partial charge is 0.243 e. The molecular formula is C20H25NO3S. The van der Waals surface area contributed by atoms with Crippen LogP contribution in [0.25, 0.3) is 0 Å². The highest BCUT2D eigenvalue weighted by atomic mass is 32.2. The van der Waals surface area contributed by atoms with Gasteiger partial charge in [-0.05, 0) is 61.9 Å². The Bertz CT molecular complexity index is 764. The molecule has 1 aliphatic heterocycles. The lowest BCUT2D eigenvalue weighted by atomic mass is 9.91. The zero-order chi connectivity index (χ0) is 17.7. The summed E-state index contributed by atoms with van der Waals surface area (Å²) in [6.07, 6.45) is 2.84. The first-order valence-electron chi connectivity index (χ1n) is 8.86. The molecule has 0 spiro atoms. The van der Waals surface area contributed by atoms with Gasteiger partial charge in [-0.15, -0.1) is 0 Å². The van der Waals surface area contributed by atoms with Crippen LogP contribution in [0.5, 0.6) is 5.75 Å². The maximum atomic E-state index is 12.8. The molecule has 0 radical (unpaired) electrons. The maximum absolute atomic E-state index is 12.8. The van der Waals surface area contributed by atoms with Crippen molar-refractivity contribution < 1.29 is 13.2 Å². The average molecular weight is 359 g/mol. The predicted octanol–water partition coefficient (Wildman–Crippen LogP) is 3.73. The van der Waals surface area contributed by atoms with E-state index in [1.165, 1.54) is 5.56 Å². The van der Waals surface area contributed by atoms with Crippen molar-refractivity contribution in [1.29, 1.82) is 0 Å². The largest absolute Gasteiger partial charge is 0.494 e. The van der Waals surface area contributed by atoms with E-state index in [9.17, 15) is 8.42 Å². The third-order valence-electron chi connectivity index (χ3n) is 4.71. The van der Waals surface area contributed by atoms with Gasteiger partial charge in [0.2, 0.25) is 10.0 Å². The Morgan fingerprint density at radius 2 is 1.64 bits per heavy atom. The normalized spacial score (nSPS) is 16.7. The van der Waals surface area contributed by atoms with E-state index in [1.54, 1.807) is 28.6 Å². The van der Waals surface area contributed by atoms with Crippen molar-refractivity contribution in [2.24, 2.45) is 5.92 Å². The molecule has 2 aromatic carbocycles. The monoisotopic (exact) mass is 359 g/mol. The molecule has 0 aromatic heterocycles. The molecule has 25 heavy (non-hydrogen) atoms. The third-order valence-corrected chi connectivity index (χ3v) is 6.63. The summed E-state index contributed by atoms with van der Waals surface area (Å²) in [4.78, 5) is 0.345. The summed E-state index contributed by atoms with van der Waals surface area (Å²) in [5, 5.41) is 0. The molecule has 0 aliphatic carbocycles. The number of rotatable bonds is 6. The van der Waals surface area contributed by atoms with Gasteiger partial charge in [-0.25, -0.2) is 8.42 Å². The molecule has 1 aliphatic rings. The molecule has 4 nitrogen and oxygen atoms in total. The molecule has 134 valence electrons. The predicted molar refractivity (Wildman–Crippen MR) is 99.2 cm³/mol. The van der Waals surface area contributed by atoms with Crippen molar-refractivity contribution in [1.82, 2.24) is 4.31 Å². The highest BCUT2D eigenvalue weighted by molar-refractivity contribution is 7.89. The summed E-state index contributed by atoms with van der Waals surface area (Å²) in [7, 11) is -3.41. The lowest BCUT2D eigenvalue weighted by Crippen LogP contribution is -2.38. The summed E-state index contributed by atoms with van der Waals surface area (Å²) >= 11 is 0. The second kappa shape index (κ2) is 8.02. The van der Waals surface area contributed by atoms with Gasteiger partial charge in [0.25, 0.3) is 0 Å². The fourth-order valence-electron chi connectivity index (χ4n) is 3.32. The second-order valence-electron chi connectivity index (χ2n) is 6.44. The molecule has 0 N–H and O–H groups in total. The topological polar surface area (TPSA) is 46.6 Å². The van der Waals surface area contributed by atoms with Gasteiger partial charge < -0.3 is 4.74 Å². The van der Waals surface area contributed by atoms with Crippen LogP contribution in [0.3, 0.4) is 0 Å². The van der Waals surface area contributed by atoms with Gasteiger partial charge in [-0.3, -0.25) is 0 Å². The van der Waals surface area contributed by atoms with Crippen LogP contribution < -0.4 is 4.74 Å². The van der Waals surface area contributed by atoms with Crippen molar-refractivity contribution in [3.8, 4) is 5.75 Å². The highest BCUT2D eigenvalue weighted by Gasteiger charge is 2.29. The number of benzene rings is 2. The van der Waals surface area contributed by atoms with Gasteiger partial charge in [-0.2, -0.15) is 4.31 Å². The Hall–Kier alpha value is -1.85. The van der Waals surface area contributed by atoms with Crippen LogP contribution in [0.2, 0.25) is 0 Å². The molecule has 0 atom stereocenters. The molecule has 0 amide bonds. The van der Waals surface area contributed by atoms with E-state index < -0.39 is 10.0 Å². The Morgan fingerprint density at radius 3 is 2.24 bits per heavy atom. The fourth-order valence-corrected chi connectivity index (χ4v) is 4.79. The molecule has 1 fully saturated rings. The number of ether oxygens (including phenoxy) is 1. The van der Waals surface area contributed by atoms with Crippen molar-refractivity contribution in [2.75, 3.05) is 19.7 Å². The number of hydrogen-bond acceptors (Lipinski definition) is 3. The Labute approximate surface area is 150 Å². The molecule has 2 aromatic rings. The number of nitrogens with zero attached hydrogens (tertiary/aromatic N) is 1. The van der Waals surface area contributed by atoms with Crippen molar-refractivity contribution in [3.05, 3.63) is 60.2 Å². The first-order chi connectivity index (χ1) is 12.1. The molecule has 0 bridgehead atoms. The summed E-state index contributed by atoms with van der Waals surface area (Å²) in [5.41, 5.74) is 1.33. The van der Waals surface area contributed by atoms with Gasteiger partial charge >= 0.3 is 0 Å². The molecule has 3 rings (SSSR count). The summed E-state index contributed by atoms with van der Waals surface area (Å²) in [5.74, 6) is 1.25. The van der Waals surface area contributed by atoms with E-state index in [0.29, 0.717) is 36.3 Å². The van der Waals surface area contributed by atoms with Crippen LogP contribution in [0.4, 0.5) is 0 Å². The van der Waals surface area contributed by atoms with Crippen LogP contribution in [-0.2, 0) is 16.4 Å². The minimum Gasteiger partial charge on any atom is -0.494 e. The van der Waals surface area contributed by atoms with Gasteiger partial charge in [0.05, 0.1) is 11.5 Å². The van der Waals surface area contributed by atoms with Crippen molar-refractivity contribution in [2.45, 2.75) is 31.1 Å².